The second-order valence-electron chi connectivity index (χ2n) is 8.31. The zero-order valence-corrected chi connectivity index (χ0v) is 21.2. The number of ether oxygens (including phenoxy) is 1. The quantitative estimate of drug-likeness (QED) is 0.407. The monoisotopic (exact) mass is 499 g/mol. The first kappa shape index (κ1) is 27.3. The Morgan fingerprint density at radius 1 is 1.24 bits per heavy atom. The molecule has 2 rings (SSSR count). The molecule has 33 heavy (non-hydrogen) atoms. The number of aliphatic hydroxyl groups excluding tert-OH is 1. The topological polar surface area (TPSA) is 111 Å². The average molecular weight is 500 g/mol. The molecule has 8 nitrogen and oxygen atoms in total. The van der Waals surface area contributed by atoms with Crippen LogP contribution in [0.15, 0.2) is 29.2 Å². The number of unbranched alkanes of at least 4 members (excludes halogenated alkanes) is 1. The van der Waals surface area contributed by atoms with Crippen molar-refractivity contribution < 1.29 is 23.1 Å². The van der Waals surface area contributed by atoms with Gasteiger partial charge in [-0.25, -0.2) is 13.4 Å². The van der Waals surface area contributed by atoms with Gasteiger partial charge in [0.25, 0.3) is 0 Å². The molecule has 184 valence electrons. The Labute approximate surface area is 201 Å². The fourth-order valence-corrected chi connectivity index (χ4v) is 4.94. The SMILES string of the molecule is CCCCc1nc(Cl)c(CO)n1Cc1ccc(S(=O)(=O)N[C@@H](CC(C)C)C(=O)OCC)cc1. The van der Waals surface area contributed by atoms with Crippen LogP contribution < -0.4 is 4.72 Å². The number of carbonyl (C=O) groups is 1. The van der Waals surface area contributed by atoms with E-state index in [4.69, 9.17) is 16.3 Å². The molecule has 0 fully saturated rings. The van der Waals surface area contributed by atoms with Crippen molar-refractivity contribution in [2.75, 3.05) is 6.61 Å². The number of sulfonamides is 1. The molecule has 10 heteroatoms. The van der Waals surface area contributed by atoms with Crippen LogP contribution in [0.1, 0.15) is 64.0 Å². The number of hydrogen-bond acceptors (Lipinski definition) is 6. The van der Waals surface area contributed by atoms with Gasteiger partial charge in [-0.05, 0) is 43.4 Å². The van der Waals surface area contributed by atoms with E-state index in [9.17, 15) is 18.3 Å². The average Bonchev–Trinajstić information content (AvgIpc) is 3.05. The molecule has 0 amide bonds. The summed E-state index contributed by atoms with van der Waals surface area (Å²) in [5.41, 5.74) is 1.37. The molecular weight excluding hydrogens is 466 g/mol. The van der Waals surface area contributed by atoms with E-state index in [1.165, 1.54) is 12.1 Å². The molecule has 2 aromatic rings. The van der Waals surface area contributed by atoms with Crippen molar-refractivity contribution in [2.45, 2.75) is 77.5 Å². The van der Waals surface area contributed by atoms with Crippen LogP contribution in [-0.4, -0.2) is 41.7 Å². The van der Waals surface area contributed by atoms with Gasteiger partial charge >= 0.3 is 5.97 Å². The molecule has 0 spiro atoms. The van der Waals surface area contributed by atoms with E-state index in [1.807, 2.05) is 18.4 Å². The second-order valence-corrected chi connectivity index (χ2v) is 10.4. The Hall–Kier alpha value is -1.94. The maximum absolute atomic E-state index is 12.9. The van der Waals surface area contributed by atoms with Crippen molar-refractivity contribution in [3.05, 3.63) is 46.5 Å². The lowest BCUT2D eigenvalue weighted by Crippen LogP contribution is -2.42. The zero-order chi connectivity index (χ0) is 24.6. The van der Waals surface area contributed by atoms with Crippen LogP contribution in [-0.2, 0) is 39.1 Å². The van der Waals surface area contributed by atoms with Gasteiger partial charge in [0.1, 0.15) is 11.9 Å². The largest absolute Gasteiger partial charge is 0.465 e. The van der Waals surface area contributed by atoms with Crippen LogP contribution in [0.5, 0.6) is 0 Å². The minimum atomic E-state index is -3.92. The standard InChI is InChI=1S/C23H34ClN3O5S/c1-5-7-8-21-25-22(24)20(15-28)27(21)14-17-9-11-18(12-10-17)33(30,31)26-19(13-16(3)4)23(29)32-6-2/h9-12,16,19,26,28H,5-8,13-15H2,1-4H3/t19-/m0/s1. The van der Waals surface area contributed by atoms with E-state index < -0.39 is 22.0 Å². The molecule has 0 saturated carbocycles. The third-order valence-electron chi connectivity index (χ3n) is 5.16. The van der Waals surface area contributed by atoms with E-state index >= 15 is 0 Å². The van der Waals surface area contributed by atoms with Gasteiger partial charge in [-0.1, -0.05) is 50.9 Å². The number of imidazole rings is 1. The predicted octanol–water partition coefficient (Wildman–Crippen LogP) is 3.68. The Morgan fingerprint density at radius 3 is 2.45 bits per heavy atom. The highest BCUT2D eigenvalue weighted by Crippen LogP contribution is 2.22. The number of benzene rings is 1. The molecule has 0 unspecified atom stereocenters. The molecule has 0 aliphatic rings. The molecule has 0 bridgehead atoms. The summed E-state index contributed by atoms with van der Waals surface area (Å²) in [4.78, 5) is 16.7. The molecule has 0 saturated heterocycles. The van der Waals surface area contributed by atoms with Gasteiger partial charge in [0.05, 0.1) is 23.8 Å². The Kier molecular flexibility index (Phi) is 10.3. The highest BCUT2D eigenvalue weighted by Gasteiger charge is 2.27. The fourth-order valence-electron chi connectivity index (χ4n) is 3.49. The molecule has 0 aliphatic heterocycles. The van der Waals surface area contributed by atoms with E-state index in [2.05, 4.69) is 16.6 Å². The maximum Gasteiger partial charge on any atom is 0.324 e. The van der Waals surface area contributed by atoms with Crippen molar-refractivity contribution in [1.82, 2.24) is 14.3 Å². The minimum absolute atomic E-state index is 0.0570. The first-order valence-electron chi connectivity index (χ1n) is 11.2. The van der Waals surface area contributed by atoms with Crippen LogP contribution >= 0.6 is 11.6 Å². The molecule has 1 aromatic carbocycles. The number of carbonyl (C=O) groups excluding carboxylic acids is 1. The summed E-state index contributed by atoms with van der Waals surface area (Å²) in [6.07, 6.45) is 3.01. The number of aliphatic hydroxyl groups is 1. The van der Waals surface area contributed by atoms with E-state index in [0.717, 1.165) is 30.7 Å². The van der Waals surface area contributed by atoms with Crippen LogP contribution in [0.25, 0.3) is 0 Å². The number of aromatic nitrogens is 2. The van der Waals surface area contributed by atoms with Gasteiger partial charge in [0, 0.05) is 13.0 Å². The van der Waals surface area contributed by atoms with Crippen molar-refractivity contribution in [1.29, 1.82) is 0 Å². The summed E-state index contributed by atoms with van der Waals surface area (Å²) in [6.45, 7) is 7.93. The van der Waals surface area contributed by atoms with Crippen molar-refractivity contribution >= 4 is 27.6 Å². The lowest BCUT2D eigenvalue weighted by Gasteiger charge is -2.19. The van der Waals surface area contributed by atoms with Crippen molar-refractivity contribution in [3.63, 3.8) is 0 Å². The van der Waals surface area contributed by atoms with E-state index in [-0.39, 0.29) is 29.2 Å². The smallest absolute Gasteiger partial charge is 0.324 e. The molecular formula is C23H34ClN3O5S. The van der Waals surface area contributed by atoms with Crippen LogP contribution in [0.2, 0.25) is 5.15 Å². The van der Waals surface area contributed by atoms with Crippen molar-refractivity contribution in [3.8, 4) is 0 Å². The summed E-state index contributed by atoms with van der Waals surface area (Å²) in [7, 11) is -3.92. The highest BCUT2D eigenvalue weighted by atomic mass is 35.5. The number of nitrogens with zero attached hydrogens (tertiary/aromatic N) is 2. The molecule has 0 radical (unpaired) electrons. The minimum Gasteiger partial charge on any atom is -0.465 e. The van der Waals surface area contributed by atoms with Gasteiger partial charge in [0.15, 0.2) is 5.15 Å². The van der Waals surface area contributed by atoms with Crippen LogP contribution in [0, 0.1) is 5.92 Å². The molecule has 2 N–H and O–H groups in total. The van der Waals surface area contributed by atoms with Crippen molar-refractivity contribution in [2.24, 2.45) is 5.92 Å². The third-order valence-corrected chi connectivity index (χ3v) is 6.95. The van der Waals surface area contributed by atoms with Gasteiger partial charge in [0.2, 0.25) is 10.0 Å². The maximum atomic E-state index is 12.9. The highest BCUT2D eigenvalue weighted by molar-refractivity contribution is 7.89. The fraction of sp³-hybridized carbons (Fsp3) is 0.565. The lowest BCUT2D eigenvalue weighted by molar-refractivity contribution is -0.145. The number of nitrogens with one attached hydrogen (secondary N) is 1. The number of rotatable bonds is 13. The van der Waals surface area contributed by atoms with Gasteiger partial charge in [-0.2, -0.15) is 4.72 Å². The van der Waals surface area contributed by atoms with Crippen LogP contribution in [0.4, 0.5) is 0 Å². The van der Waals surface area contributed by atoms with Gasteiger partial charge in [-0.3, -0.25) is 4.79 Å². The van der Waals surface area contributed by atoms with E-state index in [0.29, 0.717) is 18.7 Å². The number of halogens is 1. The summed E-state index contributed by atoms with van der Waals surface area (Å²) in [5.74, 6) is 0.309. The second kappa shape index (κ2) is 12.5. The van der Waals surface area contributed by atoms with Gasteiger partial charge in [-0.15, -0.1) is 0 Å². The molecule has 1 aromatic heterocycles. The summed E-state index contributed by atoms with van der Waals surface area (Å²) < 4.78 is 35.2. The Bertz CT molecular complexity index is 1020. The van der Waals surface area contributed by atoms with E-state index in [1.54, 1.807) is 19.1 Å². The summed E-state index contributed by atoms with van der Waals surface area (Å²) >= 11 is 6.20. The zero-order valence-electron chi connectivity index (χ0n) is 19.7. The summed E-state index contributed by atoms with van der Waals surface area (Å²) in [6, 6.07) is 5.45. The molecule has 1 heterocycles. The predicted molar refractivity (Wildman–Crippen MR) is 128 cm³/mol. The number of esters is 1. The molecule has 1 atom stereocenters. The first-order valence-corrected chi connectivity index (χ1v) is 13.1. The van der Waals surface area contributed by atoms with Gasteiger partial charge < -0.3 is 14.4 Å². The van der Waals surface area contributed by atoms with Crippen LogP contribution in [0.3, 0.4) is 0 Å². The normalized spacial score (nSPS) is 12.8. The summed E-state index contributed by atoms with van der Waals surface area (Å²) in [5, 5.41) is 10.0. The lowest BCUT2D eigenvalue weighted by atomic mass is 10.1. The molecule has 0 aliphatic carbocycles. The Morgan fingerprint density at radius 2 is 1.91 bits per heavy atom. The first-order chi connectivity index (χ1) is 15.6. The number of hydrogen-bond donors (Lipinski definition) is 2. The third kappa shape index (κ3) is 7.53. The number of aryl methyl sites for hydroxylation is 1. The Balaban J connectivity index is 2.23.